The molecule has 0 aliphatic rings. The van der Waals surface area contributed by atoms with Crippen molar-refractivity contribution in [2.75, 3.05) is 6.61 Å². The number of benzene rings is 2. The molecule has 0 aliphatic carbocycles. The number of aryl methyl sites for hydroxylation is 2. The number of ether oxygens (including phenoxy) is 1. The fraction of sp³-hybridized carbons (Fsp3) is 0.250. The molecule has 2 aromatic heterocycles. The molecule has 0 aliphatic heterocycles. The Morgan fingerprint density at radius 2 is 1.95 bits per heavy atom. The van der Waals surface area contributed by atoms with Gasteiger partial charge in [0, 0.05) is 27.1 Å². The first-order chi connectivity index (χ1) is 17.8. The van der Waals surface area contributed by atoms with Gasteiger partial charge < -0.3 is 14.8 Å². The van der Waals surface area contributed by atoms with Crippen LogP contribution < -0.4 is 16.0 Å². The van der Waals surface area contributed by atoms with Crippen molar-refractivity contribution < 1.29 is 14.6 Å². The maximum absolute atomic E-state index is 13.3. The Bertz CT molecular complexity index is 1630. The van der Waals surface area contributed by atoms with Crippen molar-refractivity contribution in [2.24, 2.45) is 5.11 Å². The van der Waals surface area contributed by atoms with Crippen molar-refractivity contribution in [3.63, 3.8) is 0 Å². The van der Waals surface area contributed by atoms with Gasteiger partial charge in [-0.05, 0) is 76.9 Å². The van der Waals surface area contributed by atoms with E-state index in [2.05, 4.69) is 42.6 Å². The summed E-state index contributed by atoms with van der Waals surface area (Å²) in [6, 6.07) is 12.0. The molecule has 12 nitrogen and oxygen atoms in total. The molecule has 0 atom stereocenters. The molecule has 0 fully saturated rings. The molecule has 4 aromatic rings. The number of carbonyl (C=O) groups is 1. The second kappa shape index (κ2) is 11.3. The third-order valence-electron chi connectivity index (χ3n) is 5.59. The second-order valence-corrected chi connectivity index (χ2v) is 9.27. The number of hydrogen-bond acceptors (Lipinski definition) is 6. The van der Waals surface area contributed by atoms with E-state index in [4.69, 9.17) is 15.4 Å². The molecular weight excluding hydrogens is 591 g/mol. The largest absolute Gasteiger partial charge is 0.482 e. The van der Waals surface area contributed by atoms with E-state index in [1.54, 1.807) is 30.3 Å². The van der Waals surface area contributed by atoms with Gasteiger partial charge in [-0.2, -0.15) is 0 Å². The van der Waals surface area contributed by atoms with E-state index >= 15 is 0 Å². The summed E-state index contributed by atoms with van der Waals surface area (Å²) < 4.78 is 8.66. The molecular formula is C24H22IN7O5. The van der Waals surface area contributed by atoms with E-state index in [9.17, 15) is 14.4 Å². The lowest BCUT2D eigenvalue weighted by Crippen LogP contribution is -2.40. The lowest BCUT2D eigenvalue weighted by Gasteiger charge is -2.11. The lowest BCUT2D eigenvalue weighted by atomic mass is 10.1. The smallest absolute Gasteiger partial charge is 0.341 e. The van der Waals surface area contributed by atoms with Gasteiger partial charge in [0.2, 0.25) is 0 Å². The van der Waals surface area contributed by atoms with E-state index in [0.29, 0.717) is 35.7 Å². The van der Waals surface area contributed by atoms with Crippen LogP contribution in [0.25, 0.3) is 33.0 Å². The number of rotatable bonds is 10. The number of nitrogens with one attached hydrogen (secondary N) is 1. The number of hydrogen-bond donors (Lipinski definition) is 2. The van der Waals surface area contributed by atoms with E-state index in [1.807, 2.05) is 19.1 Å². The van der Waals surface area contributed by atoms with Crippen LogP contribution in [0.3, 0.4) is 0 Å². The van der Waals surface area contributed by atoms with Crippen LogP contribution in [-0.2, 0) is 24.3 Å². The number of H-pyrrole nitrogens is 1. The van der Waals surface area contributed by atoms with Crippen LogP contribution in [0, 0.1) is 3.57 Å². The highest BCUT2D eigenvalue weighted by Gasteiger charge is 2.18. The summed E-state index contributed by atoms with van der Waals surface area (Å²) in [5, 5.41) is 12.4. The Balaban J connectivity index is 1.72. The summed E-state index contributed by atoms with van der Waals surface area (Å²) in [5.74, 6) is -0.304. The van der Waals surface area contributed by atoms with Gasteiger partial charge in [0.15, 0.2) is 12.3 Å². The zero-order chi connectivity index (χ0) is 26.5. The Kier molecular flexibility index (Phi) is 7.94. The fourth-order valence-electron chi connectivity index (χ4n) is 3.86. The standard InChI is InChI=1S/C24H22IN7O5/c1-2-10-32-23(35)20-22(28-21(27-20)15-4-6-16(7-5-15)37-13-19(33)34)31(24(32)36)11-9-14-3-8-18(29-30-26)17(25)12-14/h3-8,12H,2,9-11,13H2,1H3,(H,27,28)(H,33,34)/i25-2. The summed E-state index contributed by atoms with van der Waals surface area (Å²) in [5.41, 5.74) is 10.4. The zero-order valence-corrected chi connectivity index (χ0v) is 21.9. The molecule has 2 aromatic carbocycles. The number of nitrogens with zero attached hydrogens (tertiary/aromatic N) is 6. The number of carboxylic acids is 1. The molecule has 0 saturated carbocycles. The predicted octanol–water partition coefficient (Wildman–Crippen LogP) is 4.22. The van der Waals surface area contributed by atoms with Crippen molar-refractivity contribution >= 4 is 45.4 Å². The second-order valence-electron chi connectivity index (χ2n) is 8.11. The highest BCUT2D eigenvalue weighted by molar-refractivity contribution is 14.1. The molecule has 0 radical (unpaired) electrons. The van der Waals surface area contributed by atoms with Gasteiger partial charge in [0.25, 0.3) is 5.56 Å². The highest BCUT2D eigenvalue weighted by atomic mass is 125. The number of halogens is 1. The molecule has 2 N–H and O–H groups in total. The number of imidazole rings is 1. The molecule has 0 spiro atoms. The van der Waals surface area contributed by atoms with Gasteiger partial charge in [-0.3, -0.25) is 13.9 Å². The first-order valence-corrected chi connectivity index (χ1v) is 12.4. The molecule has 0 saturated heterocycles. The van der Waals surface area contributed by atoms with Gasteiger partial charge in [0.05, 0.1) is 5.69 Å². The monoisotopic (exact) mass is 613 g/mol. The first-order valence-electron chi connectivity index (χ1n) is 11.3. The molecule has 0 unspecified atom stereocenters. The summed E-state index contributed by atoms with van der Waals surface area (Å²) in [4.78, 5) is 47.6. The quantitative estimate of drug-likeness (QED) is 0.118. The zero-order valence-electron chi connectivity index (χ0n) is 19.7. The summed E-state index contributed by atoms with van der Waals surface area (Å²) in [6.45, 7) is 1.99. The van der Waals surface area contributed by atoms with Gasteiger partial charge in [-0.15, -0.1) is 0 Å². The van der Waals surface area contributed by atoms with E-state index in [0.717, 1.165) is 9.13 Å². The Morgan fingerprint density at radius 3 is 2.59 bits per heavy atom. The number of carboxylic acid groups (broad SMARTS) is 1. The van der Waals surface area contributed by atoms with Crippen LogP contribution >= 0.6 is 22.6 Å². The fourth-order valence-corrected chi connectivity index (χ4v) is 4.54. The van der Waals surface area contributed by atoms with Crippen molar-refractivity contribution in [1.29, 1.82) is 0 Å². The average molecular weight is 613 g/mol. The number of aliphatic carboxylic acids is 1. The molecule has 0 bridgehead atoms. The van der Waals surface area contributed by atoms with Crippen LogP contribution in [0.5, 0.6) is 5.75 Å². The predicted molar refractivity (Wildman–Crippen MR) is 145 cm³/mol. The summed E-state index contributed by atoms with van der Waals surface area (Å²) >= 11 is 2.09. The topological polar surface area (TPSA) is 168 Å². The molecule has 37 heavy (non-hydrogen) atoms. The Morgan fingerprint density at radius 1 is 1.19 bits per heavy atom. The molecule has 13 heteroatoms. The van der Waals surface area contributed by atoms with Crippen LogP contribution in [0.4, 0.5) is 5.69 Å². The van der Waals surface area contributed by atoms with Gasteiger partial charge in [-0.1, -0.05) is 24.2 Å². The summed E-state index contributed by atoms with van der Waals surface area (Å²) in [7, 11) is 0. The first kappa shape index (κ1) is 26.0. The average Bonchev–Trinajstić information content (AvgIpc) is 3.33. The third kappa shape index (κ3) is 5.67. The number of azide groups is 1. The van der Waals surface area contributed by atoms with Gasteiger partial charge in [0.1, 0.15) is 17.1 Å². The van der Waals surface area contributed by atoms with Crippen molar-refractivity contribution in [1.82, 2.24) is 19.1 Å². The molecule has 190 valence electrons. The number of fused-ring (bicyclic) bond motifs is 1. The van der Waals surface area contributed by atoms with E-state index in [-0.39, 0.29) is 24.3 Å². The SMILES string of the molecule is CCCn1c(=O)c2[nH]c(-c3ccc(OCC(=O)O)cc3)nc2n(CCc2ccc(N=[N+]=[N-])c([125I])c2)c1=O. The normalized spacial score (nSPS) is 10.9. The van der Waals surface area contributed by atoms with Gasteiger partial charge >= 0.3 is 11.7 Å². The van der Waals surface area contributed by atoms with Crippen LogP contribution in [0.1, 0.15) is 18.9 Å². The summed E-state index contributed by atoms with van der Waals surface area (Å²) in [6.07, 6.45) is 1.10. The minimum Gasteiger partial charge on any atom is -0.482 e. The third-order valence-corrected chi connectivity index (χ3v) is 6.45. The van der Waals surface area contributed by atoms with Crippen LogP contribution in [-0.4, -0.2) is 36.8 Å². The number of aromatic nitrogens is 4. The maximum Gasteiger partial charge on any atom is 0.341 e. The Labute approximate surface area is 223 Å². The van der Waals surface area contributed by atoms with E-state index in [1.165, 1.54) is 9.13 Å². The Hall–Kier alpha value is -4.10. The van der Waals surface area contributed by atoms with Crippen molar-refractivity contribution in [3.8, 4) is 17.1 Å². The minimum atomic E-state index is -1.08. The van der Waals surface area contributed by atoms with Crippen LogP contribution in [0.2, 0.25) is 0 Å². The number of aromatic amines is 1. The van der Waals surface area contributed by atoms with Crippen molar-refractivity contribution in [3.05, 3.63) is 82.9 Å². The van der Waals surface area contributed by atoms with Crippen molar-refractivity contribution in [2.45, 2.75) is 32.9 Å². The minimum absolute atomic E-state index is 0.225. The lowest BCUT2D eigenvalue weighted by molar-refractivity contribution is -0.139. The molecule has 4 rings (SSSR count). The van der Waals surface area contributed by atoms with E-state index < -0.39 is 23.8 Å². The highest BCUT2D eigenvalue weighted by Crippen LogP contribution is 2.24. The van der Waals surface area contributed by atoms with Gasteiger partial charge in [-0.25, -0.2) is 14.6 Å². The molecule has 2 heterocycles. The van der Waals surface area contributed by atoms with Crippen LogP contribution in [0.15, 0.2) is 57.2 Å². The molecule has 0 amide bonds. The maximum atomic E-state index is 13.3.